The Hall–Kier alpha value is -3.22. The van der Waals surface area contributed by atoms with E-state index in [-0.39, 0.29) is 5.56 Å². The second-order valence-electron chi connectivity index (χ2n) is 6.02. The van der Waals surface area contributed by atoms with Crippen LogP contribution in [0.2, 0.25) is 0 Å². The molecule has 0 bridgehead atoms. The molecule has 7 heteroatoms. The monoisotopic (exact) mass is 401 g/mol. The molecule has 0 fully saturated rings. The van der Waals surface area contributed by atoms with Gasteiger partial charge >= 0.3 is 5.97 Å². The van der Waals surface area contributed by atoms with Crippen LogP contribution in [0.3, 0.4) is 0 Å². The van der Waals surface area contributed by atoms with E-state index in [0.29, 0.717) is 42.8 Å². The lowest BCUT2D eigenvalue weighted by molar-refractivity contribution is -0.123. The van der Waals surface area contributed by atoms with Crippen molar-refractivity contribution in [2.45, 2.75) is 33.8 Å². The summed E-state index contributed by atoms with van der Waals surface area (Å²) in [6, 6.07) is 11.7. The van der Waals surface area contributed by atoms with Gasteiger partial charge in [0, 0.05) is 5.69 Å². The minimum atomic E-state index is -0.976. The predicted molar refractivity (Wildman–Crippen MR) is 110 cm³/mol. The van der Waals surface area contributed by atoms with E-state index >= 15 is 0 Å². The Morgan fingerprint density at radius 1 is 0.862 bits per heavy atom. The molecule has 2 rings (SSSR count). The zero-order chi connectivity index (χ0) is 21.2. The maximum atomic E-state index is 12.4. The quantitative estimate of drug-likeness (QED) is 0.605. The number of benzene rings is 2. The maximum absolute atomic E-state index is 12.4. The molecule has 0 radical (unpaired) electrons. The van der Waals surface area contributed by atoms with E-state index in [9.17, 15) is 9.59 Å². The first-order valence-electron chi connectivity index (χ1n) is 9.62. The predicted octanol–water partition coefficient (Wildman–Crippen LogP) is 4.07. The topological polar surface area (TPSA) is 83.1 Å². The molecule has 0 saturated carbocycles. The summed E-state index contributed by atoms with van der Waals surface area (Å²) in [7, 11) is 0. The molecule has 0 heterocycles. The Morgan fingerprint density at radius 3 is 2.10 bits per heavy atom. The highest BCUT2D eigenvalue weighted by atomic mass is 16.5. The number of esters is 1. The molecule has 1 N–H and O–H groups in total. The van der Waals surface area contributed by atoms with Crippen LogP contribution in [0.4, 0.5) is 5.69 Å². The highest BCUT2D eigenvalue weighted by Crippen LogP contribution is 2.29. The molecule has 0 aliphatic heterocycles. The Morgan fingerprint density at radius 2 is 1.48 bits per heavy atom. The summed E-state index contributed by atoms with van der Waals surface area (Å²) in [6.45, 7) is 8.59. The SMILES string of the molecule is CCOc1ccc(NC(=O)C(C)OC(=O)c2ccc(OCC)c(OCC)c2)cc1. The van der Waals surface area contributed by atoms with E-state index in [1.165, 1.54) is 6.92 Å². The molecule has 0 aromatic heterocycles. The van der Waals surface area contributed by atoms with Crippen molar-refractivity contribution in [2.24, 2.45) is 0 Å². The highest BCUT2D eigenvalue weighted by Gasteiger charge is 2.20. The van der Waals surface area contributed by atoms with Gasteiger partial charge in [-0.25, -0.2) is 4.79 Å². The summed E-state index contributed by atoms with van der Waals surface area (Å²) in [6.07, 6.45) is -0.976. The van der Waals surface area contributed by atoms with Crippen LogP contribution in [0.25, 0.3) is 0 Å². The van der Waals surface area contributed by atoms with Gasteiger partial charge in [-0.15, -0.1) is 0 Å². The van der Waals surface area contributed by atoms with E-state index in [0.717, 1.165) is 0 Å². The van der Waals surface area contributed by atoms with Crippen molar-refractivity contribution in [1.82, 2.24) is 0 Å². The third kappa shape index (κ3) is 6.41. The lowest BCUT2D eigenvalue weighted by atomic mass is 10.2. The summed E-state index contributed by atoms with van der Waals surface area (Å²) < 4.78 is 21.7. The molecule has 29 heavy (non-hydrogen) atoms. The van der Waals surface area contributed by atoms with Gasteiger partial charge in [-0.2, -0.15) is 0 Å². The number of carbonyl (C=O) groups is 2. The van der Waals surface area contributed by atoms with Crippen molar-refractivity contribution in [3.8, 4) is 17.2 Å². The molecule has 0 saturated heterocycles. The number of hydrogen-bond donors (Lipinski definition) is 1. The van der Waals surface area contributed by atoms with E-state index < -0.39 is 18.0 Å². The molecule has 1 atom stereocenters. The van der Waals surface area contributed by atoms with Crippen molar-refractivity contribution in [3.63, 3.8) is 0 Å². The maximum Gasteiger partial charge on any atom is 0.339 e. The summed E-state index contributed by atoms with van der Waals surface area (Å²) in [5.74, 6) is 0.662. The van der Waals surface area contributed by atoms with Gasteiger partial charge in [0.1, 0.15) is 5.75 Å². The molecule has 2 aromatic carbocycles. The fourth-order valence-electron chi connectivity index (χ4n) is 2.51. The third-order valence-corrected chi connectivity index (χ3v) is 3.86. The van der Waals surface area contributed by atoms with Gasteiger partial charge in [-0.1, -0.05) is 0 Å². The van der Waals surface area contributed by atoms with E-state index in [4.69, 9.17) is 18.9 Å². The lowest BCUT2D eigenvalue weighted by Crippen LogP contribution is -2.30. The zero-order valence-electron chi connectivity index (χ0n) is 17.2. The van der Waals surface area contributed by atoms with Crippen LogP contribution in [0.5, 0.6) is 17.2 Å². The molecule has 1 unspecified atom stereocenters. The first-order chi connectivity index (χ1) is 14.0. The number of carbonyl (C=O) groups excluding carboxylic acids is 2. The minimum Gasteiger partial charge on any atom is -0.494 e. The van der Waals surface area contributed by atoms with Crippen molar-refractivity contribution in [1.29, 1.82) is 0 Å². The average molecular weight is 401 g/mol. The zero-order valence-corrected chi connectivity index (χ0v) is 17.2. The van der Waals surface area contributed by atoms with Gasteiger partial charge < -0.3 is 24.3 Å². The molecule has 0 aliphatic rings. The van der Waals surface area contributed by atoms with Gasteiger partial charge in [-0.3, -0.25) is 4.79 Å². The molecule has 0 spiro atoms. The number of rotatable bonds is 10. The van der Waals surface area contributed by atoms with Gasteiger partial charge in [0.25, 0.3) is 5.91 Å². The van der Waals surface area contributed by atoms with Crippen LogP contribution in [-0.4, -0.2) is 37.8 Å². The fourth-order valence-corrected chi connectivity index (χ4v) is 2.51. The Bertz CT molecular complexity index is 819. The highest BCUT2D eigenvalue weighted by molar-refractivity contribution is 5.97. The van der Waals surface area contributed by atoms with E-state index in [2.05, 4.69) is 5.32 Å². The molecule has 7 nitrogen and oxygen atoms in total. The van der Waals surface area contributed by atoms with Gasteiger partial charge in [0.05, 0.1) is 25.4 Å². The Kier molecular flexibility index (Phi) is 8.33. The standard InChI is InChI=1S/C22H27NO6/c1-5-26-18-11-9-17(10-12-18)23-21(24)15(4)29-22(25)16-8-13-19(27-6-2)20(14-16)28-7-3/h8-15H,5-7H2,1-4H3,(H,23,24). The normalized spacial score (nSPS) is 11.3. The van der Waals surface area contributed by atoms with E-state index in [1.54, 1.807) is 42.5 Å². The number of anilines is 1. The first kappa shape index (κ1) is 22.1. The molecule has 0 aliphatic carbocycles. The average Bonchev–Trinajstić information content (AvgIpc) is 2.71. The van der Waals surface area contributed by atoms with Gasteiger partial charge in [0.2, 0.25) is 0 Å². The molecule has 2 aromatic rings. The number of hydrogen-bond acceptors (Lipinski definition) is 6. The van der Waals surface area contributed by atoms with Gasteiger partial charge in [-0.05, 0) is 70.2 Å². The second-order valence-corrected chi connectivity index (χ2v) is 6.02. The number of ether oxygens (including phenoxy) is 4. The molecule has 1 amide bonds. The Balaban J connectivity index is 1.99. The largest absolute Gasteiger partial charge is 0.494 e. The lowest BCUT2D eigenvalue weighted by Gasteiger charge is -2.15. The third-order valence-electron chi connectivity index (χ3n) is 3.86. The molecular formula is C22H27NO6. The fraction of sp³-hybridized carbons (Fsp3) is 0.364. The van der Waals surface area contributed by atoms with Crippen molar-refractivity contribution < 1.29 is 28.5 Å². The van der Waals surface area contributed by atoms with Gasteiger partial charge in [0.15, 0.2) is 17.6 Å². The number of amides is 1. The number of nitrogens with one attached hydrogen (secondary N) is 1. The molecular weight excluding hydrogens is 374 g/mol. The Labute approximate surface area is 170 Å². The van der Waals surface area contributed by atoms with Crippen LogP contribution in [0, 0.1) is 0 Å². The summed E-state index contributed by atoms with van der Waals surface area (Å²) in [5.41, 5.74) is 0.860. The van der Waals surface area contributed by atoms with Crippen molar-refractivity contribution in [3.05, 3.63) is 48.0 Å². The molecule has 156 valence electrons. The minimum absolute atomic E-state index is 0.276. The summed E-state index contributed by atoms with van der Waals surface area (Å²) in [4.78, 5) is 24.8. The summed E-state index contributed by atoms with van der Waals surface area (Å²) in [5, 5.41) is 2.71. The smallest absolute Gasteiger partial charge is 0.339 e. The second kappa shape index (κ2) is 10.9. The van der Waals surface area contributed by atoms with Crippen LogP contribution < -0.4 is 19.5 Å². The first-order valence-corrected chi connectivity index (χ1v) is 9.62. The summed E-state index contributed by atoms with van der Waals surface area (Å²) >= 11 is 0. The van der Waals surface area contributed by atoms with Crippen LogP contribution in [0.1, 0.15) is 38.1 Å². The van der Waals surface area contributed by atoms with Crippen LogP contribution in [-0.2, 0) is 9.53 Å². The van der Waals surface area contributed by atoms with Crippen LogP contribution >= 0.6 is 0 Å². The van der Waals surface area contributed by atoms with Crippen molar-refractivity contribution >= 4 is 17.6 Å². The van der Waals surface area contributed by atoms with Crippen molar-refractivity contribution in [2.75, 3.05) is 25.1 Å². The van der Waals surface area contributed by atoms with Crippen LogP contribution in [0.15, 0.2) is 42.5 Å². The van der Waals surface area contributed by atoms with E-state index in [1.807, 2.05) is 20.8 Å².